The molecule has 0 radical (unpaired) electrons. The third-order valence-electron chi connectivity index (χ3n) is 10.7. The number of pyridine rings is 1. The van der Waals surface area contributed by atoms with Crippen molar-refractivity contribution in [3.05, 3.63) is 170 Å². The molecule has 0 saturated heterocycles. The van der Waals surface area contributed by atoms with E-state index in [0.717, 1.165) is 56.2 Å². The highest BCUT2D eigenvalue weighted by Gasteiger charge is 2.22. The van der Waals surface area contributed by atoms with Crippen molar-refractivity contribution in [2.75, 3.05) is 0 Å². The van der Waals surface area contributed by atoms with Gasteiger partial charge in [0.2, 0.25) is 0 Å². The molecule has 0 atom stereocenters. The van der Waals surface area contributed by atoms with Gasteiger partial charge in [0.1, 0.15) is 5.82 Å². The van der Waals surface area contributed by atoms with Crippen LogP contribution in [0.3, 0.4) is 0 Å². The first-order chi connectivity index (χ1) is 26.2. The molecule has 6 aromatic carbocycles. The Hall–Kier alpha value is -6.69. The zero-order valence-corrected chi connectivity index (χ0v) is 29.8. The standard InChI is InChI=1S/C48H32N4S/c1-3-15-39-31(4-2)32-16-5-10-21-40(32)50(39)30-26-27-44-37(28-30)35-19-8-13-24-43(35)52(44)48-47-38(36-20-9-14-25-45(36)53-47)29-46(49-48)51-41-22-11-6-17-33(41)34-18-7-12-23-42(34)51/h3-29H,2H2,1H3. The molecule has 0 aliphatic rings. The predicted molar refractivity (Wildman–Crippen MR) is 227 cm³/mol. The number of benzene rings is 6. The van der Waals surface area contributed by atoms with E-state index >= 15 is 0 Å². The monoisotopic (exact) mass is 696 g/mol. The van der Waals surface area contributed by atoms with Gasteiger partial charge >= 0.3 is 0 Å². The summed E-state index contributed by atoms with van der Waals surface area (Å²) in [6.07, 6.45) is 6.27. The Morgan fingerprint density at radius 2 is 1.08 bits per heavy atom. The van der Waals surface area contributed by atoms with E-state index in [1.807, 2.05) is 17.4 Å². The Labute approximate surface area is 309 Å². The van der Waals surface area contributed by atoms with Gasteiger partial charge in [-0.15, -0.1) is 11.3 Å². The van der Waals surface area contributed by atoms with E-state index in [2.05, 4.69) is 185 Å². The largest absolute Gasteiger partial charge is 0.309 e. The first-order valence-electron chi connectivity index (χ1n) is 18.0. The normalized spacial score (nSPS) is 12.2. The zero-order valence-electron chi connectivity index (χ0n) is 29.0. The van der Waals surface area contributed by atoms with Crippen LogP contribution in [-0.2, 0) is 0 Å². The van der Waals surface area contributed by atoms with Crippen LogP contribution in [0.4, 0.5) is 0 Å². The smallest absolute Gasteiger partial charge is 0.158 e. The fourth-order valence-electron chi connectivity index (χ4n) is 8.56. The number of aromatic nitrogens is 4. The minimum absolute atomic E-state index is 0.905. The molecule has 53 heavy (non-hydrogen) atoms. The number of hydrogen-bond donors (Lipinski definition) is 0. The lowest BCUT2D eigenvalue weighted by atomic mass is 10.1. The molecule has 4 nitrogen and oxygen atoms in total. The minimum atomic E-state index is 0.905. The molecule has 0 aliphatic carbocycles. The van der Waals surface area contributed by atoms with E-state index in [-0.39, 0.29) is 0 Å². The van der Waals surface area contributed by atoms with Gasteiger partial charge in [0.25, 0.3) is 0 Å². The molecule has 5 heterocycles. The lowest BCUT2D eigenvalue weighted by Crippen LogP contribution is -2.04. The molecule has 0 aliphatic heterocycles. The van der Waals surface area contributed by atoms with Crippen LogP contribution in [-0.4, -0.2) is 18.7 Å². The van der Waals surface area contributed by atoms with E-state index in [4.69, 9.17) is 4.98 Å². The van der Waals surface area contributed by atoms with Gasteiger partial charge in [-0.05, 0) is 67.6 Å². The topological polar surface area (TPSA) is 27.7 Å². The summed E-state index contributed by atoms with van der Waals surface area (Å²) in [5.41, 5.74) is 9.07. The van der Waals surface area contributed by atoms with Crippen molar-refractivity contribution in [2.24, 2.45) is 0 Å². The molecule has 5 heteroatoms. The molecule has 0 fully saturated rings. The number of para-hydroxylation sites is 4. The maximum absolute atomic E-state index is 5.67. The van der Waals surface area contributed by atoms with Crippen molar-refractivity contribution in [3.63, 3.8) is 0 Å². The van der Waals surface area contributed by atoms with Gasteiger partial charge in [0, 0.05) is 53.7 Å². The van der Waals surface area contributed by atoms with Crippen LogP contribution in [0.5, 0.6) is 0 Å². The van der Waals surface area contributed by atoms with Gasteiger partial charge < -0.3 is 4.57 Å². The lowest BCUT2D eigenvalue weighted by Gasteiger charge is -2.14. The molecule has 11 aromatic rings. The number of thiophene rings is 1. The van der Waals surface area contributed by atoms with Gasteiger partial charge in [-0.1, -0.05) is 110 Å². The van der Waals surface area contributed by atoms with Crippen LogP contribution in [0.1, 0.15) is 18.2 Å². The summed E-state index contributed by atoms with van der Waals surface area (Å²) in [5.74, 6) is 1.84. The number of rotatable bonds is 5. The van der Waals surface area contributed by atoms with E-state index in [1.54, 1.807) is 0 Å². The van der Waals surface area contributed by atoms with Crippen molar-refractivity contribution in [3.8, 4) is 17.3 Å². The van der Waals surface area contributed by atoms with Crippen molar-refractivity contribution in [2.45, 2.75) is 6.92 Å². The van der Waals surface area contributed by atoms with Crippen molar-refractivity contribution >= 4 is 98.2 Å². The van der Waals surface area contributed by atoms with Gasteiger partial charge in [0.05, 0.1) is 38.0 Å². The number of nitrogens with zero attached hydrogens (tertiary/aromatic N) is 4. The van der Waals surface area contributed by atoms with E-state index in [9.17, 15) is 0 Å². The van der Waals surface area contributed by atoms with Gasteiger partial charge in [-0.25, -0.2) is 4.98 Å². The summed E-state index contributed by atoms with van der Waals surface area (Å²) in [7, 11) is 0. The van der Waals surface area contributed by atoms with Crippen LogP contribution in [0.25, 0.3) is 104 Å². The van der Waals surface area contributed by atoms with E-state index < -0.39 is 0 Å². The summed E-state index contributed by atoms with van der Waals surface area (Å²) in [6, 6.07) is 52.6. The molecule has 5 aromatic heterocycles. The summed E-state index contributed by atoms with van der Waals surface area (Å²) in [5, 5.41) is 8.46. The Bertz CT molecular complexity index is 3270. The fourth-order valence-corrected chi connectivity index (χ4v) is 9.72. The summed E-state index contributed by atoms with van der Waals surface area (Å²) in [6.45, 7) is 6.27. The third kappa shape index (κ3) is 4.20. The average Bonchev–Trinajstić information content (AvgIpc) is 3.94. The second-order valence-electron chi connectivity index (χ2n) is 13.6. The predicted octanol–water partition coefficient (Wildman–Crippen LogP) is 13.3. The number of fused-ring (bicyclic) bond motifs is 10. The highest BCUT2D eigenvalue weighted by atomic mass is 32.1. The van der Waals surface area contributed by atoms with Crippen LogP contribution in [0.15, 0.2) is 158 Å². The highest BCUT2D eigenvalue weighted by Crippen LogP contribution is 2.43. The van der Waals surface area contributed by atoms with Gasteiger partial charge in [-0.2, -0.15) is 0 Å². The highest BCUT2D eigenvalue weighted by molar-refractivity contribution is 7.26. The van der Waals surface area contributed by atoms with Gasteiger partial charge in [-0.3, -0.25) is 9.13 Å². The first-order valence-corrected chi connectivity index (χ1v) is 18.8. The van der Waals surface area contributed by atoms with Crippen molar-refractivity contribution in [1.82, 2.24) is 18.7 Å². The Morgan fingerprint density at radius 3 is 1.74 bits per heavy atom. The molecule has 250 valence electrons. The van der Waals surface area contributed by atoms with Crippen molar-refractivity contribution < 1.29 is 0 Å². The summed E-state index contributed by atoms with van der Waals surface area (Å²) < 4.78 is 9.51. The Balaban J connectivity index is 1.25. The molecule has 11 rings (SSSR count). The molecule has 0 bridgehead atoms. The molecular formula is C48H32N4S. The minimum Gasteiger partial charge on any atom is -0.309 e. The fraction of sp³-hybridized carbons (Fsp3) is 0.0208. The van der Waals surface area contributed by atoms with Crippen LogP contribution < -0.4 is 0 Å². The third-order valence-corrected chi connectivity index (χ3v) is 11.9. The maximum atomic E-state index is 5.67. The molecule has 0 spiro atoms. The zero-order chi connectivity index (χ0) is 35.2. The molecule has 0 unspecified atom stereocenters. The molecule has 0 saturated carbocycles. The first kappa shape index (κ1) is 30.0. The Morgan fingerprint density at radius 1 is 0.528 bits per heavy atom. The van der Waals surface area contributed by atoms with E-state index in [0.29, 0.717) is 0 Å². The van der Waals surface area contributed by atoms with E-state index in [1.165, 1.54) is 47.1 Å². The SMILES string of the molecule is C=Cc1c(C=CC)n(-c2ccc3c(c2)c2ccccc2n3-c2nc(-n3c4ccccc4c4ccccc43)cc3c2sc2ccccc23)c2ccccc12. The van der Waals surface area contributed by atoms with Gasteiger partial charge in [0.15, 0.2) is 5.82 Å². The number of allylic oxidation sites excluding steroid dienone is 1. The summed E-state index contributed by atoms with van der Waals surface area (Å²) in [4.78, 5) is 5.67. The second-order valence-corrected chi connectivity index (χ2v) is 14.6. The average molecular weight is 697 g/mol. The second kappa shape index (κ2) is 11.4. The molecule has 0 amide bonds. The Kier molecular flexibility index (Phi) is 6.45. The number of hydrogen-bond acceptors (Lipinski definition) is 2. The molecule has 0 N–H and O–H groups in total. The van der Waals surface area contributed by atoms with Crippen LogP contribution >= 0.6 is 11.3 Å². The molecular weight excluding hydrogens is 665 g/mol. The lowest BCUT2D eigenvalue weighted by molar-refractivity contribution is 1.03. The quantitative estimate of drug-likeness (QED) is 0.176. The summed E-state index contributed by atoms with van der Waals surface area (Å²) >= 11 is 1.82. The van der Waals surface area contributed by atoms with Crippen molar-refractivity contribution in [1.29, 1.82) is 0 Å². The van der Waals surface area contributed by atoms with Crippen LogP contribution in [0.2, 0.25) is 0 Å². The maximum Gasteiger partial charge on any atom is 0.158 e. The van der Waals surface area contributed by atoms with Crippen LogP contribution in [0, 0.1) is 0 Å².